The van der Waals surface area contributed by atoms with Crippen molar-refractivity contribution in [2.75, 3.05) is 5.88 Å². The van der Waals surface area contributed by atoms with Gasteiger partial charge in [0.15, 0.2) is 5.78 Å². The Balaban J connectivity index is 3.15. The lowest BCUT2D eigenvalue weighted by molar-refractivity contribution is -0.385. The highest BCUT2D eigenvalue weighted by molar-refractivity contribution is 6.19. The zero-order chi connectivity index (χ0) is 11.4. The van der Waals surface area contributed by atoms with Crippen molar-refractivity contribution in [2.45, 2.75) is 13.3 Å². The Hall–Kier alpha value is -1.42. The van der Waals surface area contributed by atoms with E-state index >= 15 is 0 Å². The van der Waals surface area contributed by atoms with Crippen molar-refractivity contribution in [3.63, 3.8) is 0 Å². The van der Waals surface area contributed by atoms with Gasteiger partial charge in [-0.05, 0) is 6.92 Å². The van der Waals surface area contributed by atoms with E-state index in [-0.39, 0.29) is 23.8 Å². The second kappa shape index (κ2) is 4.89. The molecule has 4 nitrogen and oxygen atoms in total. The average Bonchev–Trinajstić information content (AvgIpc) is 2.17. The average molecular weight is 228 g/mol. The fourth-order valence-corrected chi connectivity index (χ4v) is 1.52. The van der Waals surface area contributed by atoms with E-state index in [9.17, 15) is 14.9 Å². The molecule has 0 bridgehead atoms. The van der Waals surface area contributed by atoms with E-state index in [2.05, 4.69) is 0 Å². The van der Waals surface area contributed by atoms with Crippen LogP contribution < -0.4 is 0 Å². The third kappa shape index (κ3) is 2.53. The first kappa shape index (κ1) is 11.7. The topological polar surface area (TPSA) is 60.2 Å². The summed E-state index contributed by atoms with van der Waals surface area (Å²) >= 11 is 5.45. The number of halogens is 1. The maximum Gasteiger partial charge on any atom is 0.273 e. The van der Waals surface area contributed by atoms with Crippen molar-refractivity contribution in [3.8, 4) is 0 Å². The molecular formula is C10H10ClNO3. The number of Topliss-reactive ketones (excluding diaryl/α,β-unsaturated/α-hetero) is 1. The molecule has 0 fully saturated rings. The summed E-state index contributed by atoms with van der Waals surface area (Å²) in [7, 11) is 0. The first-order valence-corrected chi connectivity index (χ1v) is 4.94. The second-order valence-electron chi connectivity index (χ2n) is 3.07. The molecule has 0 N–H and O–H groups in total. The van der Waals surface area contributed by atoms with E-state index in [0.717, 1.165) is 0 Å². The molecule has 0 radical (unpaired) electrons. The number of nitrogens with zero attached hydrogens (tertiary/aromatic N) is 1. The molecule has 0 aliphatic carbocycles. The summed E-state index contributed by atoms with van der Waals surface area (Å²) in [6.07, 6.45) is 0.198. The fourth-order valence-electron chi connectivity index (χ4n) is 1.34. The van der Waals surface area contributed by atoms with Crippen molar-refractivity contribution in [2.24, 2.45) is 0 Å². The predicted molar refractivity (Wildman–Crippen MR) is 57.5 cm³/mol. The summed E-state index contributed by atoms with van der Waals surface area (Å²) in [5, 5.41) is 10.6. The Labute approximate surface area is 92.0 Å². The second-order valence-corrected chi connectivity index (χ2v) is 3.45. The highest BCUT2D eigenvalue weighted by Crippen LogP contribution is 2.22. The molecule has 1 aromatic rings. The third-order valence-electron chi connectivity index (χ3n) is 2.12. The molecule has 5 heteroatoms. The number of carbonyl (C=O) groups excluding carboxylic acids is 1. The summed E-state index contributed by atoms with van der Waals surface area (Å²) in [4.78, 5) is 21.7. The van der Waals surface area contributed by atoms with Gasteiger partial charge in [0, 0.05) is 29.5 Å². The number of carbonyl (C=O) groups is 1. The number of hydrogen-bond donors (Lipinski definition) is 0. The molecule has 0 unspecified atom stereocenters. The third-order valence-corrected chi connectivity index (χ3v) is 2.31. The lowest BCUT2D eigenvalue weighted by Crippen LogP contribution is -2.04. The maximum atomic E-state index is 11.5. The predicted octanol–water partition coefficient (Wildman–Crippen LogP) is 2.71. The van der Waals surface area contributed by atoms with E-state index in [1.807, 2.05) is 0 Å². The van der Waals surface area contributed by atoms with Gasteiger partial charge >= 0.3 is 0 Å². The molecule has 0 atom stereocenters. The van der Waals surface area contributed by atoms with Gasteiger partial charge in [-0.25, -0.2) is 0 Å². The normalized spacial score (nSPS) is 10.0. The van der Waals surface area contributed by atoms with Crippen LogP contribution in [0.5, 0.6) is 0 Å². The smallest absolute Gasteiger partial charge is 0.273 e. The summed E-state index contributed by atoms with van der Waals surface area (Å²) in [6.45, 7) is 1.57. The quantitative estimate of drug-likeness (QED) is 0.344. The molecule has 1 aromatic carbocycles. The summed E-state index contributed by atoms with van der Waals surface area (Å²) in [5.74, 6) is 0.0623. The van der Waals surface area contributed by atoms with E-state index in [4.69, 9.17) is 11.6 Å². The fraction of sp³-hybridized carbons (Fsp3) is 0.300. The summed E-state index contributed by atoms with van der Waals surface area (Å²) < 4.78 is 0. The van der Waals surface area contributed by atoms with Crippen LogP contribution in [0.3, 0.4) is 0 Å². The number of hydrogen-bond acceptors (Lipinski definition) is 3. The Morgan fingerprint density at radius 3 is 2.73 bits per heavy atom. The lowest BCUT2D eigenvalue weighted by Gasteiger charge is -2.03. The van der Waals surface area contributed by atoms with Gasteiger partial charge in [0.2, 0.25) is 0 Å². The van der Waals surface area contributed by atoms with Crippen molar-refractivity contribution in [3.05, 3.63) is 39.4 Å². The van der Waals surface area contributed by atoms with Gasteiger partial charge in [0.1, 0.15) is 0 Å². The van der Waals surface area contributed by atoms with Gasteiger partial charge < -0.3 is 0 Å². The van der Waals surface area contributed by atoms with Crippen LogP contribution in [0.15, 0.2) is 18.2 Å². The van der Waals surface area contributed by atoms with Crippen LogP contribution in [0.4, 0.5) is 5.69 Å². The minimum absolute atomic E-state index is 0.0320. The molecule has 0 amide bonds. The van der Waals surface area contributed by atoms with Gasteiger partial charge in [-0.1, -0.05) is 12.1 Å². The Kier molecular flexibility index (Phi) is 3.80. The summed E-state index contributed by atoms with van der Waals surface area (Å²) in [5.41, 5.74) is 0.748. The lowest BCUT2D eigenvalue weighted by atomic mass is 10.0. The zero-order valence-corrected chi connectivity index (χ0v) is 8.95. The van der Waals surface area contributed by atoms with E-state index in [0.29, 0.717) is 11.1 Å². The van der Waals surface area contributed by atoms with E-state index in [1.165, 1.54) is 12.1 Å². The van der Waals surface area contributed by atoms with Crippen LogP contribution in [0.25, 0.3) is 0 Å². The van der Waals surface area contributed by atoms with Crippen LogP contribution in [0.2, 0.25) is 0 Å². The van der Waals surface area contributed by atoms with E-state index in [1.54, 1.807) is 13.0 Å². The van der Waals surface area contributed by atoms with Crippen LogP contribution >= 0.6 is 11.6 Å². The summed E-state index contributed by atoms with van der Waals surface area (Å²) in [6, 6.07) is 4.47. The number of benzene rings is 1. The van der Waals surface area contributed by atoms with Crippen LogP contribution in [0, 0.1) is 17.0 Å². The van der Waals surface area contributed by atoms with Crippen LogP contribution in [-0.4, -0.2) is 16.6 Å². The molecular weight excluding hydrogens is 218 g/mol. The highest BCUT2D eigenvalue weighted by Gasteiger charge is 2.16. The molecule has 1 rings (SSSR count). The van der Waals surface area contributed by atoms with Crippen molar-refractivity contribution < 1.29 is 9.72 Å². The van der Waals surface area contributed by atoms with Gasteiger partial charge in [0.25, 0.3) is 5.69 Å². The molecule has 0 saturated heterocycles. The molecule has 0 aliphatic rings. The van der Waals surface area contributed by atoms with Gasteiger partial charge in [-0.15, -0.1) is 11.6 Å². The Morgan fingerprint density at radius 2 is 2.20 bits per heavy atom. The highest BCUT2D eigenvalue weighted by atomic mass is 35.5. The molecule has 0 aromatic heterocycles. The SMILES string of the molecule is Cc1c(C(=O)CCCl)cccc1[N+](=O)[O-]. The van der Waals surface area contributed by atoms with Crippen molar-refractivity contribution in [1.82, 2.24) is 0 Å². The molecule has 80 valence electrons. The Bertz CT molecular complexity index is 404. The van der Waals surface area contributed by atoms with Crippen LogP contribution in [-0.2, 0) is 0 Å². The standard InChI is InChI=1S/C10H10ClNO3/c1-7-8(10(13)5-6-11)3-2-4-9(7)12(14)15/h2-4H,5-6H2,1H3. The molecule has 0 heterocycles. The van der Waals surface area contributed by atoms with Crippen molar-refractivity contribution in [1.29, 1.82) is 0 Å². The molecule has 0 saturated carbocycles. The van der Waals surface area contributed by atoms with Gasteiger partial charge in [0.05, 0.1) is 4.92 Å². The van der Waals surface area contributed by atoms with Gasteiger partial charge in [-0.3, -0.25) is 14.9 Å². The number of nitro groups is 1. The molecule has 15 heavy (non-hydrogen) atoms. The molecule has 0 aliphatic heterocycles. The van der Waals surface area contributed by atoms with Gasteiger partial charge in [-0.2, -0.15) is 0 Å². The van der Waals surface area contributed by atoms with Crippen molar-refractivity contribution >= 4 is 23.1 Å². The number of ketones is 1. The van der Waals surface area contributed by atoms with E-state index < -0.39 is 4.92 Å². The maximum absolute atomic E-state index is 11.5. The van der Waals surface area contributed by atoms with Crippen LogP contribution in [0.1, 0.15) is 22.3 Å². The molecule has 0 spiro atoms. The zero-order valence-electron chi connectivity index (χ0n) is 8.20. The number of rotatable bonds is 4. The minimum atomic E-state index is -0.493. The monoisotopic (exact) mass is 227 g/mol. The largest absolute Gasteiger partial charge is 0.294 e. The first-order valence-electron chi connectivity index (χ1n) is 4.41. The first-order chi connectivity index (χ1) is 7.07. The minimum Gasteiger partial charge on any atom is -0.294 e. The number of alkyl halides is 1. The Morgan fingerprint density at radius 1 is 1.53 bits per heavy atom. The number of nitro benzene ring substituents is 1.